The highest BCUT2D eigenvalue weighted by atomic mass is 32.2. The van der Waals surface area contributed by atoms with Gasteiger partial charge in [-0.2, -0.15) is 0 Å². The van der Waals surface area contributed by atoms with Gasteiger partial charge >= 0.3 is 5.97 Å². The monoisotopic (exact) mass is 174 g/mol. The Kier molecular flexibility index (Phi) is 3.24. The van der Waals surface area contributed by atoms with E-state index >= 15 is 0 Å². The Morgan fingerprint density at radius 2 is 2.36 bits per heavy atom. The van der Waals surface area contributed by atoms with Crippen molar-refractivity contribution in [2.45, 2.75) is 25.0 Å². The molecule has 0 aromatic heterocycles. The third kappa shape index (κ3) is 2.40. The second-order valence-corrected chi connectivity index (χ2v) is 4.16. The van der Waals surface area contributed by atoms with Crippen LogP contribution in [0.25, 0.3) is 0 Å². The smallest absolute Gasteiger partial charge is 0.319 e. The topological polar surface area (TPSA) is 26.3 Å². The molecule has 0 aliphatic heterocycles. The van der Waals surface area contributed by atoms with E-state index in [9.17, 15) is 4.79 Å². The molecule has 1 fully saturated rings. The largest absolute Gasteiger partial charge is 0.468 e. The van der Waals surface area contributed by atoms with E-state index in [-0.39, 0.29) is 11.2 Å². The maximum absolute atomic E-state index is 11.1. The summed E-state index contributed by atoms with van der Waals surface area (Å²) in [6, 6.07) is 0. The number of hydrogen-bond donors (Lipinski definition) is 0. The second-order valence-electron chi connectivity index (χ2n) is 2.74. The number of hydrogen-bond acceptors (Lipinski definition) is 3. The molecule has 1 aliphatic carbocycles. The maximum atomic E-state index is 11.1. The van der Waals surface area contributed by atoms with Gasteiger partial charge in [-0.25, -0.2) is 0 Å². The third-order valence-electron chi connectivity index (χ3n) is 1.83. The van der Waals surface area contributed by atoms with Crippen LogP contribution in [-0.4, -0.2) is 24.1 Å². The summed E-state index contributed by atoms with van der Waals surface area (Å²) in [5.41, 5.74) is 0. The molecule has 64 valence electrons. The van der Waals surface area contributed by atoms with Crippen LogP contribution in [0.15, 0.2) is 0 Å². The van der Waals surface area contributed by atoms with Gasteiger partial charge in [0.05, 0.1) is 7.11 Å². The summed E-state index contributed by atoms with van der Waals surface area (Å²) in [5, 5.41) is 0.116. The van der Waals surface area contributed by atoms with E-state index in [2.05, 4.69) is 6.92 Å². The minimum atomic E-state index is -0.0423. The van der Waals surface area contributed by atoms with Crippen molar-refractivity contribution in [2.75, 3.05) is 12.9 Å². The third-order valence-corrected chi connectivity index (χ3v) is 3.10. The zero-order chi connectivity index (χ0) is 8.27. The second kappa shape index (κ2) is 4.00. The van der Waals surface area contributed by atoms with Gasteiger partial charge in [-0.1, -0.05) is 6.92 Å². The first-order chi connectivity index (χ1) is 5.29. The van der Waals surface area contributed by atoms with Gasteiger partial charge < -0.3 is 4.74 Å². The molecule has 0 saturated heterocycles. The standard InChI is InChI=1S/C8H14O2S/c1-3-11-7(6-4-5-6)8(9)10-2/h6-7H,3-5H2,1-2H3. The van der Waals surface area contributed by atoms with Gasteiger partial charge in [0.2, 0.25) is 0 Å². The van der Waals surface area contributed by atoms with E-state index in [1.807, 2.05) is 0 Å². The Balaban J connectivity index is 2.37. The predicted octanol–water partition coefficient (Wildman–Crippen LogP) is 1.69. The van der Waals surface area contributed by atoms with Crippen LogP contribution < -0.4 is 0 Å². The van der Waals surface area contributed by atoms with Crippen molar-refractivity contribution in [2.24, 2.45) is 5.92 Å². The molecule has 1 saturated carbocycles. The van der Waals surface area contributed by atoms with Gasteiger partial charge in [0.15, 0.2) is 0 Å². The number of rotatable bonds is 4. The van der Waals surface area contributed by atoms with Gasteiger partial charge in [0.1, 0.15) is 5.25 Å². The lowest BCUT2D eigenvalue weighted by atomic mass is 10.3. The first kappa shape index (κ1) is 8.91. The number of carbonyl (C=O) groups is 1. The van der Waals surface area contributed by atoms with Gasteiger partial charge in [0.25, 0.3) is 0 Å². The lowest BCUT2D eigenvalue weighted by molar-refractivity contribution is -0.140. The zero-order valence-electron chi connectivity index (χ0n) is 7.00. The van der Waals surface area contributed by atoms with Crippen molar-refractivity contribution in [3.63, 3.8) is 0 Å². The summed E-state index contributed by atoms with van der Waals surface area (Å²) >= 11 is 1.71. The van der Waals surface area contributed by atoms with Crippen molar-refractivity contribution in [3.05, 3.63) is 0 Å². The highest BCUT2D eigenvalue weighted by Gasteiger charge is 2.36. The molecular weight excluding hydrogens is 160 g/mol. The average Bonchev–Trinajstić information content (AvgIpc) is 2.81. The molecule has 0 spiro atoms. The van der Waals surface area contributed by atoms with Gasteiger partial charge in [-0.05, 0) is 24.5 Å². The number of methoxy groups -OCH3 is 1. The van der Waals surface area contributed by atoms with Crippen LogP contribution in [-0.2, 0) is 9.53 Å². The fourth-order valence-corrected chi connectivity index (χ4v) is 2.23. The summed E-state index contributed by atoms with van der Waals surface area (Å²) in [6.07, 6.45) is 2.40. The molecule has 11 heavy (non-hydrogen) atoms. The predicted molar refractivity (Wildman–Crippen MR) is 46.7 cm³/mol. The first-order valence-electron chi connectivity index (χ1n) is 3.99. The molecule has 0 aromatic rings. The molecular formula is C8H14O2S. The molecule has 0 amide bonds. The van der Waals surface area contributed by atoms with E-state index in [0.717, 1.165) is 5.75 Å². The Hall–Kier alpha value is -0.180. The van der Waals surface area contributed by atoms with Crippen molar-refractivity contribution in [1.82, 2.24) is 0 Å². The van der Waals surface area contributed by atoms with Crippen LogP contribution in [0.3, 0.4) is 0 Å². The van der Waals surface area contributed by atoms with E-state index in [4.69, 9.17) is 4.74 Å². The van der Waals surface area contributed by atoms with Gasteiger partial charge in [0, 0.05) is 0 Å². The SMILES string of the molecule is CCSC(C(=O)OC)C1CC1. The Bertz CT molecular complexity index is 143. The molecule has 0 N–H and O–H groups in total. The summed E-state index contributed by atoms with van der Waals surface area (Å²) in [7, 11) is 1.47. The Morgan fingerprint density at radius 3 is 2.73 bits per heavy atom. The fourth-order valence-electron chi connectivity index (χ4n) is 1.09. The number of carbonyl (C=O) groups excluding carboxylic acids is 1. The van der Waals surface area contributed by atoms with E-state index in [1.165, 1.54) is 20.0 Å². The molecule has 3 heteroatoms. The van der Waals surface area contributed by atoms with Crippen molar-refractivity contribution >= 4 is 17.7 Å². The fraction of sp³-hybridized carbons (Fsp3) is 0.875. The van der Waals surface area contributed by atoms with Crippen molar-refractivity contribution in [3.8, 4) is 0 Å². The van der Waals surface area contributed by atoms with Gasteiger partial charge in [-0.3, -0.25) is 4.79 Å². The number of esters is 1. The summed E-state index contributed by atoms with van der Waals surface area (Å²) in [4.78, 5) is 11.1. The molecule has 0 bridgehead atoms. The van der Waals surface area contributed by atoms with Gasteiger partial charge in [-0.15, -0.1) is 11.8 Å². The molecule has 0 radical (unpaired) electrons. The lowest BCUT2D eigenvalue weighted by Crippen LogP contribution is -2.21. The molecule has 1 atom stereocenters. The van der Waals surface area contributed by atoms with Crippen LogP contribution in [0, 0.1) is 5.92 Å². The molecule has 1 aliphatic rings. The Labute approximate surface area is 71.7 Å². The van der Waals surface area contributed by atoms with Crippen LogP contribution in [0.2, 0.25) is 0 Å². The van der Waals surface area contributed by atoms with Crippen LogP contribution >= 0.6 is 11.8 Å². The number of ether oxygens (including phenoxy) is 1. The van der Waals surface area contributed by atoms with Crippen LogP contribution in [0.4, 0.5) is 0 Å². The summed E-state index contributed by atoms with van der Waals surface area (Å²) in [5.74, 6) is 1.56. The first-order valence-corrected chi connectivity index (χ1v) is 5.04. The summed E-state index contributed by atoms with van der Waals surface area (Å²) < 4.78 is 4.71. The average molecular weight is 174 g/mol. The quantitative estimate of drug-likeness (QED) is 0.607. The molecule has 2 nitrogen and oxygen atoms in total. The maximum Gasteiger partial charge on any atom is 0.319 e. The summed E-state index contributed by atoms with van der Waals surface area (Å²) in [6.45, 7) is 2.07. The van der Waals surface area contributed by atoms with Crippen LogP contribution in [0.1, 0.15) is 19.8 Å². The molecule has 0 heterocycles. The highest BCUT2D eigenvalue weighted by Crippen LogP contribution is 2.39. The normalized spacial score (nSPS) is 19.5. The van der Waals surface area contributed by atoms with E-state index in [1.54, 1.807) is 11.8 Å². The molecule has 0 aromatic carbocycles. The zero-order valence-corrected chi connectivity index (χ0v) is 7.82. The minimum Gasteiger partial charge on any atom is -0.468 e. The number of thioether (sulfide) groups is 1. The molecule has 1 unspecified atom stereocenters. The minimum absolute atomic E-state index is 0.0423. The van der Waals surface area contributed by atoms with Crippen molar-refractivity contribution < 1.29 is 9.53 Å². The van der Waals surface area contributed by atoms with E-state index in [0.29, 0.717) is 5.92 Å². The van der Waals surface area contributed by atoms with Crippen LogP contribution in [0.5, 0.6) is 0 Å². The van der Waals surface area contributed by atoms with E-state index < -0.39 is 0 Å². The highest BCUT2D eigenvalue weighted by molar-refractivity contribution is 8.00. The lowest BCUT2D eigenvalue weighted by Gasteiger charge is -2.10. The molecule has 1 rings (SSSR count). The van der Waals surface area contributed by atoms with Crippen molar-refractivity contribution in [1.29, 1.82) is 0 Å². The Morgan fingerprint density at radius 1 is 1.73 bits per heavy atom.